The number of nitrogens with zero attached hydrogens (tertiary/aromatic N) is 3. The number of methoxy groups -OCH3 is 1. The molecular weight excluding hydrogens is 456 g/mol. The minimum Gasteiger partial charge on any atom is -0.497 e. The van der Waals surface area contributed by atoms with Crippen molar-refractivity contribution in [1.82, 2.24) is 20.2 Å². The number of hydrogen-bond donors (Lipinski definition) is 1. The van der Waals surface area contributed by atoms with Crippen LogP contribution >= 0.6 is 23.1 Å². The molecule has 0 aliphatic carbocycles. The number of ether oxygens (including phenoxy) is 1. The number of rotatable bonds is 7. The maximum atomic E-state index is 12.8. The van der Waals surface area contributed by atoms with E-state index in [1.807, 2.05) is 25.1 Å². The van der Waals surface area contributed by atoms with E-state index in [0.29, 0.717) is 21.3 Å². The summed E-state index contributed by atoms with van der Waals surface area (Å²) in [5.41, 5.74) is 0.925. The SMILES string of the molecule is COc1ccc2nc(C)nc(SCC(=O)c3ccc(C(=O)NC4CN(C(C)(C)C)C4)s3)c2c1. The lowest BCUT2D eigenvalue weighted by molar-refractivity contribution is 0.0332. The van der Waals surface area contributed by atoms with Crippen LogP contribution in [0.15, 0.2) is 35.4 Å². The van der Waals surface area contributed by atoms with E-state index in [-0.39, 0.29) is 29.0 Å². The quantitative estimate of drug-likeness (QED) is 0.306. The number of hydrogen-bond acceptors (Lipinski definition) is 8. The summed E-state index contributed by atoms with van der Waals surface area (Å²) in [7, 11) is 1.61. The summed E-state index contributed by atoms with van der Waals surface area (Å²) in [5.74, 6) is 1.45. The normalized spacial score (nSPS) is 14.8. The van der Waals surface area contributed by atoms with E-state index in [4.69, 9.17) is 4.74 Å². The van der Waals surface area contributed by atoms with Crippen molar-refractivity contribution in [3.8, 4) is 5.75 Å². The van der Waals surface area contributed by atoms with Gasteiger partial charge < -0.3 is 10.1 Å². The van der Waals surface area contributed by atoms with Crippen molar-refractivity contribution < 1.29 is 14.3 Å². The highest BCUT2D eigenvalue weighted by Crippen LogP contribution is 2.30. The first-order valence-electron chi connectivity index (χ1n) is 10.8. The molecule has 0 unspecified atom stereocenters. The van der Waals surface area contributed by atoms with Crippen LogP contribution in [0.2, 0.25) is 0 Å². The third-order valence-corrected chi connectivity index (χ3v) is 7.71. The Labute approximate surface area is 201 Å². The van der Waals surface area contributed by atoms with Crippen LogP contribution in [-0.4, -0.2) is 64.1 Å². The largest absolute Gasteiger partial charge is 0.497 e. The molecule has 1 N–H and O–H groups in total. The van der Waals surface area contributed by atoms with Crippen LogP contribution in [0.25, 0.3) is 10.9 Å². The molecule has 1 saturated heterocycles. The summed E-state index contributed by atoms with van der Waals surface area (Å²) in [4.78, 5) is 37.9. The molecule has 0 radical (unpaired) electrons. The van der Waals surface area contributed by atoms with Crippen LogP contribution < -0.4 is 10.1 Å². The van der Waals surface area contributed by atoms with Gasteiger partial charge in [0.05, 0.1) is 34.2 Å². The molecule has 1 aliphatic rings. The Bertz CT molecular complexity index is 1200. The fourth-order valence-corrected chi connectivity index (χ4v) is 5.49. The Hall–Kier alpha value is -2.49. The molecule has 1 fully saturated rings. The van der Waals surface area contributed by atoms with Gasteiger partial charge in [-0.25, -0.2) is 9.97 Å². The van der Waals surface area contributed by atoms with Crippen LogP contribution in [0.3, 0.4) is 0 Å². The first-order valence-corrected chi connectivity index (χ1v) is 12.6. The van der Waals surface area contributed by atoms with Crippen LogP contribution in [0.1, 0.15) is 45.9 Å². The molecule has 0 atom stereocenters. The van der Waals surface area contributed by atoms with E-state index in [2.05, 4.69) is 41.0 Å². The Kier molecular flexibility index (Phi) is 6.74. The zero-order chi connectivity index (χ0) is 23.8. The molecule has 0 saturated carbocycles. The summed E-state index contributed by atoms with van der Waals surface area (Å²) in [5, 5.41) is 4.67. The van der Waals surface area contributed by atoms with Gasteiger partial charge in [0.1, 0.15) is 16.6 Å². The third-order valence-electron chi connectivity index (χ3n) is 5.59. The van der Waals surface area contributed by atoms with Gasteiger partial charge in [-0.3, -0.25) is 14.5 Å². The molecule has 0 spiro atoms. The number of nitrogens with one attached hydrogen (secondary N) is 1. The van der Waals surface area contributed by atoms with Crippen LogP contribution in [0.5, 0.6) is 5.75 Å². The lowest BCUT2D eigenvalue weighted by Crippen LogP contribution is -2.64. The molecule has 7 nitrogen and oxygen atoms in total. The number of aromatic nitrogens is 2. The fraction of sp³-hybridized carbons (Fsp3) is 0.417. The number of fused-ring (bicyclic) bond motifs is 1. The molecule has 2 aromatic heterocycles. The number of aryl methyl sites for hydroxylation is 1. The van der Waals surface area contributed by atoms with Gasteiger partial charge in [-0.05, 0) is 58.0 Å². The molecular formula is C24H28N4O3S2. The average molecular weight is 485 g/mol. The maximum Gasteiger partial charge on any atom is 0.261 e. The summed E-state index contributed by atoms with van der Waals surface area (Å²) < 4.78 is 5.32. The second-order valence-corrected chi connectivity index (χ2v) is 11.1. The maximum absolute atomic E-state index is 12.8. The number of carbonyl (C=O) groups is 2. The monoisotopic (exact) mass is 484 g/mol. The second kappa shape index (κ2) is 9.40. The van der Waals surface area contributed by atoms with Gasteiger partial charge in [0.15, 0.2) is 5.78 Å². The summed E-state index contributed by atoms with van der Waals surface area (Å²) >= 11 is 2.61. The van der Waals surface area contributed by atoms with Gasteiger partial charge in [-0.15, -0.1) is 11.3 Å². The highest BCUT2D eigenvalue weighted by molar-refractivity contribution is 8.00. The van der Waals surface area contributed by atoms with Gasteiger partial charge in [0, 0.05) is 24.0 Å². The van der Waals surface area contributed by atoms with E-state index in [0.717, 1.165) is 29.0 Å². The molecule has 1 aliphatic heterocycles. The number of Topliss-reactive ketones (excluding diaryl/α,β-unsaturated/α-hetero) is 1. The van der Waals surface area contributed by atoms with Gasteiger partial charge in [-0.1, -0.05) is 11.8 Å². The van der Waals surface area contributed by atoms with Crippen molar-refractivity contribution in [2.75, 3.05) is 26.0 Å². The predicted molar refractivity (Wildman–Crippen MR) is 133 cm³/mol. The number of likely N-dealkylation sites (tertiary alicyclic amines) is 1. The molecule has 174 valence electrons. The molecule has 0 bridgehead atoms. The van der Waals surface area contributed by atoms with Crippen molar-refractivity contribution in [3.63, 3.8) is 0 Å². The summed E-state index contributed by atoms with van der Waals surface area (Å²) in [6.07, 6.45) is 0. The van der Waals surface area contributed by atoms with Gasteiger partial charge >= 0.3 is 0 Å². The topological polar surface area (TPSA) is 84.4 Å². The highest BCUT2D eigenvalue weighted by Gasteiger charge is 2.35. The standard InChI is InChI=1S/C24H28N4O3S2/c1-14-25-18-7-6-16(31-5)10-17(18)23(26-14)32-13-19(29)20-8-9-21(33-20)22(30)27-15-11-28(12-15)24(2,3)4/h6-10,15H,11-13H2,1-5H3,(H,27,30). The zero-order valence-corrected chi connectivity index (χ0v) is 21.1. The first-order chi connectivity index (χ1) is 15.6. The molecule has 4 rings (SSSR count). The average Bonchev–Trinajstić information content (AvgIpc) is 3.23. The number of ketones is 1. The Morgan fingerprint density at radius 2 is 1.91 bits per heavy atom. The van der Waals surface area contributed by atoms with Crippen LogP contribution in [-0.2, 0) is 0 Å². The Balaban J connectivity index is 1.38. The number of benzene rings is 1. The minimum atomic E-state index is -0.116. The lowest BCUT2D eigenvalue weighted by atomic mass is 9.97. The van der Waals surface area contributed by atoms with Gasteiger partial charge in [0.25, 0.3) is 5.91 Å². The van der Waals surface area contributed by atoms with Crippen molar-refractivity contribution in [3.05, 3.63) is 45.9 Å². The Morgan fingerprint density at radius 3 is 2.61 bits per heavy atom. The van der Waals surface area contributed by atoms with E-state index in [1.54, 1.807) is 19.2 Å². The van der Waals surface area contributed by atoms with Crippen molar-refractivity contribution in [1.29, 1.82) is 0 Å². The summed E-state index contributed by atoms with van der Waals surface area (Å²) in [6, 6.07) is 9.25. The van der Waals surface area contributed by atoms with E-state index < -0.39 is 0 Å². The number of amides is 1. The molecule has 33 heavy (non-hydrogen) atoms. The smallest absolute Gasteiger partial charge is 0.261 e. The summed E-state index contributed by atoms with van der Waals surface area (Å²) in [6.45, 7) is 10.0. The second-order valence-electron chi connectivity index (χ2n) is 9.08. The van der Waals surface area contributed by atoms with E-state index >= 15 is 0 Å². The molecule has 9 heteroatoms. The number of carbonyl (C=O) groups excluding carboxylic acids is 2. The zero-order valence-electron chi connectivity index (χ0n) is 19.5. The van der Waals surface area contributed by atoms with E-state index in [1.165, 1.54) is 23.1 Å². The van der Waals surface area contributed by atoms with Crippen LogP contribution in [0.4, 0.5) is 0 Å². The van der Waals surface area contributed by atoms with E-state index in [9.17, 15) is 9.59 Å². The number of thiophene rings is 1. The van der Waals surface area contributed by atoms with Crippen LogP contribution in [0, 0.1) is 6.92 Å². The Morgan fingerprint density at radius 1 is 1.18 bits per heavy atom. The van der Waals surface area contributed by atoms with Gasteiger partial charge in [0.2, 0.25) is 0 Å². The third kappa shape index (κ3) is 5.37. The van der Waals surface area contributed by atoms with Crippen molar-refractivity contribution in [2.24, 2.45) is 0 Å². The molecule has 1 amide bonds. The van der Waals surface area contributed by atoms with Crippen molar-refractivity contribution >= 4 is 45.7 Å². The highest BCUT2D eigenvalue weighted by atomic mass is 32.2. The fourth-order valence-electron chi connectivity index (χ4n) is 3.62. The van der Waals surface area contributed by atoms with Crippen molar-refractivity contribution in [2.45, 2.75) is 44.3 Å². The first kappa shape index (κ1) is 23.7. The number of thioether (sulfide) groups is 1. The molecule has 3 aromatic rings. The molecule has 1 aromatic carbocycles. The van der Waals surface area contributed by atoms with Gasteiger partial charge in [-0.2, -0.15) is 0 Å². The lowest BCUT2D eigenvalue weighted by Gasteiger charge is -2.47. The predicted octanol–water partition coefficient (Wildman–Crippen LogP) is 4.20. The minimum absolute atomic E-state index is 0.0288. The molecule has 3 heterocycles.